The fourth-order valence-corrected chi connectivity index (χ4v) is 6.71. The van der Waals surface area contributed by atoms with Gasteiger partial charge in [0.15, 0.2) is 6.20 Å². The number of halogens is 1. The number of nitrogens with zero attached hydrogens (tertiary/aromatic N) is 4. The fourth-order valence-electron chi connectivity index (χ4n) is 6.45. The second-order valence-electron chi connectivity index (χ2n) is 12.8. The maximum Gasteiger partial charge on any atom is 0.303 e. The van der Waals surface area contributed by atoms with Crippen molar-refractivity contribution in [2.45, 2.75) is 104 Å². The molecule has 1 amide bonds. The van der Waals surface area contributed by atoms with Gasteiger partial charge in [0, 0.05) is 48.4 Å². The molecule has 1 N–H and O–H groups in total. The van der Waals surface area contributed by atoms with Crippen LogP contribution in [0.2, 0.25) is 0 Å². The summed E-state index contributed by atoms with van der Waals surface area (Å²) in [6.07, 6.45) is 11.3. The van der Waals surface area contributed by atoms with Gasteiger partial charge in [-0.1, -0.05) is 65.8 Å². The third-order valence-electron chi connectivity index (χ3n) is 9.46. The zero-order valence-corrected chi connectivity index (χ0v) is 30.0. The number of benzene rings is 1. The summed E-state index contributed by atoms with van der Waals surface area (Å²) in [5.74, 6) is -0.333. The molecule has 0 spiro atoms. The number of pyridine rings is 1. The first kappa shape index (κ1) is 37.5. The Morgan fingerprint density at radius 3 is 2.24 bits per heavy atom. The Morgan fingerprint density at radius 1 is 1.02 bits per heavy atom. The normalized spacial score (nSPS) is 17.3. The lowest BCUT2D eigenvalue weighted by Gasteiger charge is -2.49. The van der Waals surface area contributed by atoms with Crippen LogP contribution in [0.1, 0.15) is 112 Å². The number of piperidine rings is 2. The molecule has 0 saturated carbocycles. The molecule has 3 heterocycles. The van der Waals surface area contributed by atoms with E-state index in [0.29, 0.717) is 43.3 Å². The Bertz CT molecular complexity index is 1300. The molecule has 0 atom stereocenters. The zero-order chi connectivity index (χ0) is 33.7. The number of unbranched alkanes of at least 4 members (excludes halogenated alkanes) is 4. The molecule has 10 heteroatoms. The number of aliphatic carboxylic acids is 1. The highest BCUT2D eigenvalue weighted by Crippen LogP contribution is 2.34. The molecule has 2 aromatic rings. The van der Waals surface area contributed by atoms with Gasteiger partial charge in [-0.25, -0.2) is 0 Å². The number of carboxylic acid groups (broad SMARTS) is 1. The van der Waals surface area contributed by atoms with Crippen molar-refractivity contribution < 1.29 is 24.3 Å². The Labute approximate surface area is 283 Å². The molecular formula is C36H53BrN4O5. The average Bonchev–Trinajstić information content (AvgIpc) is 3.04. The number of carboxylic acids is 1. The topological polar surface area (TPSA) is 109 Å². The van der Waals surface area contributed by atoms with Crippen LogP contribution in [0.5, 0.6) is 0 Å². The van der Waals surface area contributed by atoms with Crippen LogP contribution >= 0.6 is 15.9 Å². The molecule has 1 aromatic heterocycles. The molecule has 0 unspecified atom stereocenters. The number of oxime groups is 1. The number of aromatic nitrogens is 1. The minimum Gasteiger partial charge on any atom is -0.618 e. The van der Waals surface area contributed by atoms with Crippen LogP contribution < -0.4 is 4.73 Å². The summed E-state index contributed by atoms with van der Waals surface area (Å²) in [5.41, 5.74) is 4.11. The number of hydrogen-bond donors (Lipinski definition) is 1. The lowest BCUT2D eigenvalue weighted by molar-refractivity contribution is -0.612. The van der Waals surface area contributed by atoms with Crippen molar-refractivity contribution in [1.82, 2.24) is 9.80 Å². The van der Waals surface area contributed by atoms with Crippen molar-refractivity contribution in [3.8, 4) is 0 Å². The van der Waals surface area contributed by atoms with Gasteiger partial charge < -0.3 is 20.1 Å². The molecule has 46 heavy (non-hydrogen) atoms. The van der Waals surface area contributed by atoms with Crippen molar-refractivity contribution >= 4 is 33.5 Å². The van der Waals surface area contributed by atoms with E-state index >= 15 is 0 Å². The maximum absolute atomic E-state index is 13.3. The van der Waals surface area contributed by atoms with E-state index in [1.54, 1.807) is 13.0 Å². The zero-order valence-electron chi connectivity index (χ0n) is 28.4. The highest BCUT2D eigenvalue weighted by atomic mass is 79.9. The van der Waals surface area contributed by atoms with Crippen molar-refractivity contribution in [3.05, 3.63) is 68.6 Å². The summed E-state index contributed by atoms with van der Waals surface area (Å²) in [6, 6.07) is 10.0. The van der Waals surface area contributed by atoms with Crippen LogP contribution in [0.25, 0.3) is 0 Å². The van der Waals surface area contributed by atoms with Gasteiger partial charge in [0.25, 0.3) is 5.91 Å². The predicted octanol–water partition coefficient (Wildman–Crippen LogP) is 7.28. The Morgan fingerprint density at radius 2 is 1.65 bits per heavy atom. The fraction of sp³-hybridized carbons (Fsp3) is 0.611. The van der Waals surface area contributed by atoms with Gasteiger partial charge >= 0.3 is 5.97 Å². The first-order valence-electron chi connectivity index (χ1n) is 16.9. The van der Waals surface area contributed by atoms with Gasteiger partial charge in [0.2, 0.25) is 5.69 Å². The molecule has 2 saturated heterocycles. The maximum atomic E-state index is 13.3. The molecule has 254 valence electrons. The highest BCUT2D eigenvalue weighted by Gasteiger charge is 2.40. The minimum atomic E-state index is -0.670. The van der Waals surface area contributed by atoms with Crippen LogP contribution in [-0.4, -0.2) is 70.8 Å². The first-order valence-corrected chi connectivity index (χ1v) is 17.7. The molecule has 0 aliphatic carbocycles. The quantitative estimate of drug-likeness (QED) is 0.0820. The molecule has 2 fully saturated rings. The largest absolute Gasteiger partial charge is 0.618 e. The van der Waals surface area contributed by atoms with Crippen molar-refractivity contribution in [2.75, 3.05) is 32.8 Å². The van der Waals surface area contributed by atoms with Gasteiger partial charge in [-0.2, -0.15) is 4.73 Å². The number of amides is 1. The van der Waals surface area contributed by atoms with Crippen LogP contribution in [-0.2, 0) is 9.63 Å². The van der Waals surface area contributed by atoms with E-state index in [1.807, 2.05) is 18.7 Å². The van der Waals surface area contributed by atoms with Gasteiger partial charge in [-0.15, -0.1) is 0 Å². The monoisotopic (exact) mass is 700 g/mol. The number of hydrogen-bond acceptors (Lipinski definition) is 6. The Hall–Kier alpha value is -2.98. The lowest BCUT2D eigenvalue weighted by Crippen LogP contribution is -2.57. The number of likely N-dealkylation sites (tertiary alicyclic amines) is 2. The lowest BCUT2D eigenvalue weighted by atomic mass is 9.82. The Balaban J connectivity index is 0.000000498. The van der Waals surface area contributed by atoms with E-state index in [1.165, 1.54) is 25.5 Å². The average molecular weight is 702 g/mol. The summed E-state index contributed by atoms with van der Waals surface area (Å²) < 4.78 is 1.84. The molecule has 0 radical (unpaired) electrons. The summed E-state index contributed by atoms with van der Waals surface area (Å²) in [5, 5.41) is 24.8. The molecule has 1 aromatic carbocycles. The smallest absolute Gasteiger partial charge is 0.303 e. The second kappa shape index (κ2) is 18.4. The number of carbonyl (C=O) groups is 2. The van der Waals surface area contributed by atoms with Crippen molar-refractivity contribution in [3.63, 3.8) is 0 Å². The number of rotatable bonds is 12. The third kappa shape index (κ3) is 10.5. The summed E-state index contributed by atoms with van der Waals surface area (Å²) in [4.78, 5) is 33.3. The summed E-state index contributed by atoms with van der Waals surface area (Å²) in [6.45, 7) is 14.0. The van der Waals surface area contributed by atoms with E-state index in [9.17, 15) is 14.8 Å². The van der Waals surface area contributed by atoms with E-state index < -0.39 is 5.97 Å². The van der Waals surface area contributed by atoms with E-state index in [4.69, 9.17) is 9.94 Å². The van der Waals surface area contributed by atoms with Gasteiger partial charge in [-0.3, -0.25) is 14.5 Å². The number of carbonyl (C=O) groups excluding carboxylic acids is 1. The molecule has 0 bridgehead atoms. The van der Waals surface area contributed by atoms with Crippen molar-refractivity contribution in [2.24, 2.45) is 11.1 Å². The minimum absolute atomic E-state index is 0.0257. The van der Waals surface area contributed by atoms with Crippen LogP contribution in [0, 0.1) is 25.0 Å². The first-order chi connectivity index (χ1) is 22.0. The predicted molar refractivity (Wildman–Crippen MR) is 186 cm³/mol. The molecular weight excluding hydrogens is 648 g/mol. The highest BCUT2D eigenvalue weighted by molar-refractivity contribution is 9.10. The standard InChI is InChI=1S/C28H37BrN4O3.C8H16O2/c1-5-36-30-26(22-6-8-24(29)9-7-22)23-11-15-32(16-12-23)28(4)13-18-31(19-14-28)27(34)25-20(2)10-17-33(35)21(25)3;1-2-3-4-5-6-7-8(9)10/h6-10,17,23H,5,11-16,18-19H2,1-4H3;2-7H2,1H3,(H,9,10)/b30-26-;. The molecule has 2 aliphatic heterocycles. The van der Waals surface area contributed by atoms with E-state index in [0.717, 1.165) is 77.7 Å². The van der Waals surface area contributed by atoms with Crippen LogP contribution in [0.15, 0.2) is 46.2 Å². The molecule has 9 nitrogen and oxygen atoms in total. The van der Waals surface area contributed by atoms with E-state index in [-0.39, 0.29) is 11.4 Å². The van der Waals surface area contributed by atoms with Crippen LogP contribution in [0.4, 0.5) is 0 Å². The number of aryl methyl sites for hydroxylation is 1. The van der Waals surface area contributed by atoms with Gasteiger partial charge in [0.05, 0.1) is 5.71 Å². The van der Waals surface area contributed by atoms with Crippen LogP contribution in [0.3, 0.4) is 0 Å². The van der Waals surface area contributed by atoms with Crippen molar-refractivity contribution in [1.29, 1.82) is 0 Å². The Kier molecular flexibility index (Phi) is 15.0. The van der Waals surface area contributed by atoms with Gasteiger partial charge in [-0.05, 0) is 89.2 Å². The second-order valence-corrected chi connectivity index (χ2v) is 13.7. The summed E-state index contributed by atoms with van der Waals surface area (Å²) >= 11 is 3.52. The summed E-state index contributed by atoms with van der Waals surface area (Å²) in [7, 11) is 0. The van der Waals surface area contributed by atoms with E-state index in [2.05, 4.69) is 64.1 Å². The molecule has 2 aliphatic rings. The molecule has 4 rings (SSSR count). The SMILES string of the molecule is CCCCCCCC(=O)O.CCO/N=C(/c1ccc(Br)cc1)C1CCN(C2(C)CCN(C(=O)c3c(C)cc[n+]([O-])c3C)CC2)CC1. The van der Waals surface area contributed by atoms with Gasteiger partial charge in [0.1, 0.15) is 12.2 Å². The third-order valence-corrected chi connectivity index (χ3v) is 9.99.